The molecule has 2 fully saturated rings. The van der Waals surface area contributed by atoms with Gasteiger partial charge in [0.05, 0.1) is 18.0 Å². The Morgan fingerprint density at radius 1 is 1.24 bits per heavy atom. The number of piperidine rings is 1. The van der Waals surface area contributed by atoms with Crippen LogP contribution in [-0.4, -0.2) is 66.5 Å². The molecule has 1 atom stereocenters. The number of amides is 1. The van der Waals surface area contributed by atoms with E-state index in [0.29, 0.717) is 0 Å². The highest BCUT2D eigenvalue weighted by atomic mass is 79.9. The van der Waals surface area contributed by atoms with Crippen LogP contribution in [0.15, 0.2) is 0 Å². The quantitative estimate of drug-likeness (QED) is 0.729. The predicted octanol–water partition coefficient (Wildman–Crippen LogP) is 1.09. The minimum absolute atomic E-state index is 0.0552. The lowest BCUT2D eigenvalue weighted by Gasteiger charge is -2.31. The number of rotatable bonds is 4. The number of hydrogen-bond donors (Lipinski definition) is 0. The number of ether oxygens (including phenoxy) is 1. The zero-order chi connectivity index (χ0) is 12.1. The maximum atomic E-state index is 11.9. The van der Waals surface area contributed by atoms with Crippen LogP contribution in [0.2, 0.25) is 0 Å². The highest BCUT2D eigenvalue weighted by molar-refractivity contribution is 9.10. The lowest BCUT2D eigenvalue weighted by atomic mass is 10.1. The van der Waals surface area contributed by atoms with Crippen molar-refractivity contribution in [2.24, 2.45) is 0 Å². The summed E-state index contributed by atoms with van der Waals surface area (Å²) in [7, 11) is 0. The van der Waals surface area contributed by atoms with Gasteiger partial charge in [-0.15, -0.1) is 0 Å². The molecule has 0 aromatic carbocycles. The molecule has 0 radical (unpaired) electrons. The van der Waals surface area contributed by atoms with Crippen LogP contribution in [-0.2, 0) is 9.53 Å². The summed E-state index contributed by atoms with van der Waals surface area (Å²) in [4.78, 5) is 16.3. The minimum Gasteiger partial charge on any atom is -0.379 e. The van der Waals surface area contributed by atoms with Gasteiger partial charge in [-0.05, 0) is 19.3 Å². The lowest BCUT2D eigenvalue weighted by Crippen LogP contribution is -2.43. The smallest absolute Gasteiger partial charge is 0.236 e. The van der Waals surface area contributed by atoms with Crippen molar-refractivity contribution in [1.82, 2.24) is 9.80 Å². The molecule has 0 spiro atoms. The van der Waals surface area contributed by atoms with Gasteiger partial charge in [-0.1, -0.05) is 15.9 Å². The zero-order valence-electron chi connectivity index (χ0n) is 10.2. The van der Waals surface area contributed by atoms with E-state index < -0.39 is 0 Å². The Balaban J connectivity index is 1.65. The Bertz CT molecular complexity index is 257. The van der Waals surface area contributed by atoms with Gasteiger partial charge in [-0.3, -0.25) is 9.69 Å². The summed E-state index contributed by atoms with van der Waals surface area (Å²) in [5, 5.41) is 0. The molecule has 2 heterocycles. The molecule has 0 aromatic heterocycles. The van der Waals surface area contributed by atoms with E-state index in [0.717, 1.165) is 65.2 Å². The highest BCUT2D eigenvalue weighted by Gasteiger charge is 2.25. The monoisotopic (exact) mass is 304 g/mol. The van der Waals surface area contributed by atoms with Crippen LogP contribution < -0.4 is 0 Å². The van der Waals surface area contributed by atoms with Crippen LogP contribution in [0.5, 0.6) is 0 Å². The second-order valence-electron chi connectivity index (χ2n) is 4.74. The molecule has 0 saturated carbocycles. The first-order valence-corrected chi connectivity index (χ1v) is 7.42. The molecular formula is C12H21BrN2O2. The van der Waals surface area contributed by atoms with Crippen LogP contribution >= 0.6 is 15.9 Å². The van der Waals surface area contributed by atoms with E-state index in [2.05, 4.69) is 20.8 Å². The summed E-state index contributed by atoms with van der Waals surface area (Å²) in [5.74, 6) is 0.276. The van der Waals surface area contributed by atoms with Gasteiger partial charge < -0.3 is 9.64 Å². The number of hydrogen-bond acceptors (Lipinski definition) is 3. The van der Waals surface area contributed by atoms with E-state index in [1.54, 1.807) is 0 Å². The Morgan fingerprint density at radius 2 is 2.00 bits per heavy atom. The fourth-order valence-corrected chi connectivity index (χ4v) is 3.04. The third-order valence-electron chi connectivity index (χ3n) is 3.47. The van der Waals surface area contributed by atoms with Crippen molar-refractivity contribution >= 4 is 21.8 Å². The summed E-state index contributed by atoms with van der Waals surface area (Å²) in [5.41, 5.74) is 0. The molecule has 5 heteroatoms. The van der Waals surface area contributed by atoms with Gasteiger partial charge in [-0.25, -0.2) is 0 Å². The van der Waals surface area contributed by atoms with Crippen LogP contribution in [0, 0.1) is 0 Å². The molecule has 2 aliphatic rings. The molecule has 0 aromatic rings. The second-order valence-corrected chi connectivity index (χ2v) is 5.85. The Labute approximate surface area is 111 Å². The van der Waals surface area contributed by atoms with E-state index in [1.165, 1.54) is 0 Å². The normalized spacial score (nSPS) is 27.5. The number of likely N-dealkylation sites (tertiary alicyclic amines) is 1. The third-order valence-corrected chi connectivity index (χ3v) is 4.32. The van der Waals surface area contributed by atoms with Crippen molar-refractivity contribution in [2.45, 2.75) is 24.1 Å². The first kappa shape index (κ1) is 13.3. The van der Waals surface area contributed by atoms with E-state index in [4.69, 9.17) is 4.74 Å². The van der Waals surface area contributed by atoms with Gasteiger partial charge in [-0.2, -0.15) is 0 Å². The first-order valence-electron chi connectivity index (χ1n) is 6.50. The van der Waals surface area contributed by atoms with Gasteiger partial charge in [0.15, 0.2) is 0 Å². The molecule has 0 aliphatic carbocycles. The van der Waals surface area contributed by atoms with E-state index in [1.807, 2.05) is 4.90 Å². The summed E-state index contributed by atoms with van der Waals surface area (Å²) in [6.45, 7) is 6.70. The maximum absolute atomic E-state index is 11.9. The molecule has 0 N–H and O–H groups in total. The number of morpholine rings is 1. The van der Waals surface area contributed by atoms with Crippen molar-refractivity contribution in [3.8, 4) is 0 Å². The van der Waals surface area contributed by atoms with Gasteiger partial charge in [0, 0.05) is 32.7 Å². The Kier molecular flexibility index (Phi) is 5.25. The Morgan fingerprint density at radius 3 is 2.76 bits per heavy atom. The molecule has 4 nitrogen and oxygen atoms in total. The van der Waals surface area contributed by atoms with Crippen LogP contribution in [0.4, 0.5) is 0 Å². The van der Waals surface area contributed by atoms with Gasteiger partial charge in [0.2, 0.25) is 5.91 Å². The van der Waals surface area contributed by atoms with Crippen LogP contribution in [0.25, 0.3) is 0 Å². The topological polar surface area (TPSA) is 32.8 Å². The van der Waals surface area contributed by atoms with Crippen molar-refractivity contribution in [1.29, 1.82) is 0 Å². The average Bonchev–Trinajstić information content (AvgIpc) is 2.36. The third kappa shape index (κ3) is 3.93. The molecule has 1 unspecified atom stereocenters. The van der Waals surface area contributed by atoms with Crippen LogP contribution in [0.1, 0.15) is 19.3 Å². The van der Waals surface area contributed by atoms with Crippen molar-refractivity contribution in [2.75, 3.05) is 45.9 Å². The maximum Gasteiger partial charge on any atom is 0.236 e. The number of alkyl halides is 1. The van der Waals surface area contributed by atoms with Crippen molar-refractivity contribution in [3.63, 3.8) is 0 Å². The predicted molar refractivity (Wildman–Crippen MR) is 70.4 cm³/mol. The van der Waals surface area contributed by atoms with Crippen LogP contribution in [0.3, 0.4) is 0 Å². The fraction of sp³-hybridized carbons (Fsp3) is 0.917. The molecule has 17 heavy (non-hydrogen) atoms. The Hall–Kier alpha value is -0.130. The largest absolute Gasteiger partial charge is 0.379 e. The molecule has 2 aliphatic heterocycles. The first-order chi connectivity index (χ1) is 8.27. The summed E-state index contributed by atoms with van der Waals surface area (Å²) in [6, 6.07) is 0. The zero-order valence-corrected chi connectivity index (χ0v) is 11.8. The lowest BCUT2D eigenvalue weighted by molar-refractivity contribution is -0.132. The number of carbonyl (C=O) groups excluding carboxylic acids is 1. The van der Waals surface area contributed by atoms with Gasteiger partial charge in [0.1, 0.15) is 0 Å². The van der Waals surface area contributed by atoms with E-state index in [-0.39, 0.29) is 10.7 Å². The van der Waals surface area contributed by atoms with Crippen molar-refractivity contribution < 1.29 is 9.53 Å². The SMILES string of the molecule is O=C1C(Br)CCCN1CCCN1CCOCC1. The molecule has 2 saturated heterocycles. The van der Waals surface area contributed by atoms with Gasteiger partial charge >= 0.3 is 0 Å². The van der Waals surface area contributed by atoms with E-state index in [9.17, 15) is 4.79 Å². The van der Waals surface area contributed by atoms with E-state index >= 15 is 0 Å². The van der Waals surface area contributed by atoms with Crippen molar-refractivity contribution in [3.05, 3.63) is 0 Å². The summed E-state index contributed by atoms with van der Waals surface area (Å²) in [6.07, 6.45) is 3.18. The average molecular weight is 305 g/mol. The number of carbonyl (C=O) groups is 1. The minimum atomic E-state index is 0.0552. The molecule has 2 rings (SSSR count). The number of halogens is 1. The number of nitrogens with zero attached hydrogens (tertiary/aromatic N) is 2. The standard InChI is InChI=1S/C12H21BrN2O2/c13-11-3-1-5-15(12(11)16)6-2-4-14-7-9-17-10-8-14/h11H,1-10H2. The highest BCUT2D eigenvalue weighted by Crippen LogP contribution is 2.18. The fourth-order valence-electron chi connectivity index (χ4n) is 2.43. The molecule has 98 valence electrons. The summed E-state index contributed by atoms with van der Waals surface area (Å²) < 4.78 is 5.31. The second kappa shape index (κ2) is 6.71. The molecule has 0 bridgehead atoms. The molecular weight excluding hydrogens is 284 g/mol. The summed E-state index contributed by atoms with van der Waals surface area (Å²) >= 11 is 3.44. The van der Waals surface area contributed by atoms with Gasteiger partial charge in [0.25, 0.3) is 0 Å². The molecule has 1 amide bonds.